The number of unbranched alkanes of at least 4 members (excludes halogenated alkanes) is 4. The van der Waals surface area contributed by atoms with Crippen LogP contribution < -0.4 is 0 Å². The lowest BCUT2D eigenvalue weighted by Gasteiger charge is -2.13. The normalized spacial score (nSPS) is 12.6. The lowest BCUT2D eigenvalue weighted by molar-refractivity contribution is 0.224. The smallest absolute Gasteiger partial charge is 0.137 e. The maximum absolute atomic E-state index is 5.74. The Labute approximate surface area is 119 Å². The van der Waals surface area contributed by atoms with Crippen LogP contribution in [0.25, 0.3) is 0 Å². The first-order valence-electron chi connectivity index (χ1n) is 7.69. The standard InChI is InChI=1S/C17H31NO/c1-6-9-11-12-14-19-15(4)17(18-5)16(8-3)13-10-7-2/h13H,4,6-12,14H2,1-3,5H3/b16-13+,18-17?. The number of hydrogen-bond acceptors (Lipinski definition) is 2. The Kier molecular flexibility index (Phi) is 11.3. The molecule has 2 nitrogen and oxygen atoms in total. The summed E-state index contributed by atoms with van der Waals surface area (Å²) in [5.74, 6) is 0.725. The molecule has 0 aromatic heterocycles. The number of aliphatic imine (C=N–C) groups is 1. The molecule has 0 saturated heterocycles. The molecule has 0 fully saturated rings. The highest BCUT2D eigenvalue weighted by Crippen LogP contribution is 2.14. The van der Waals surface area contributed by atoms with Gasteiger partial charge < -0.3 is 4.74 Å². The molecule has 0 atom stereocenters. The van der Waals surface area contributed by atoms with Crippen molar-refractivity contribution in [3.8, 4) is 0 Å². The Balaban J connectivity index is 4.31. The van der Waals surface area contributed by atoms with Gasteiger partial charge in [0.2, 0.25) is 0 Å². The predicted molar refractivity (Wildman–Crippen MR) is 85.9 cm³/mol. The van der Waals surface area contributed by atoms with E-state index < -0.39 is 0 Å². The maximum Gasteiger partial charge on any atom is 0.137 e. The molecular formula is C17H31NO. The fourth-order valence-corrected chi connectivity index (χ4v) is 1.97. The van der Waals surface area contributed by atoms with Crippen LogP contribution in [0.4, 0.5) is 0 Å². The minimum Gasteiger partial charge on any atom is -0.492 e. The van der Waals surface area contributed by atoms with Gasteiger partial charge >= 0.3 is 0 Å². The molecule has 0 rings (SSSR count). The van der Waals surface area contributed by atoms with Gasteiger partial charge in [-0.25, -0.2) is 0 Å². The summed E-state index contributed by atoms with van der Waals surface area (Å²) in [5, 5.41) is 0. The van der Waals surface area contributed by atoms with Crippen LogP contribution in [0.15, 0.2) is 29.0 Å². The van der Waals surface area contributed by atoms with Crippen molar-refractivity contribution >= 4 is 5.71 Å². The van der Waals surface area contributed by atoms with E-state index in [2.05, 4.69) is 38.4 Å². The van der Waals surface area contributed by atoms with Crippen LogP contribution in [0, 0.1) is 0 Å². The molecule has 0 aliphatic rings. The van der Waals surface area contributed by atoms with Crippen molar-refractivity contribution in [2.75, 3.05) is 13.7 Å². The Hall–Kier alpha value is -1.05. The van der Waals surface area contributed by atoms with Crippen molar-refractivity contribution in [3.63, 3.8) is 0 Å². The van der Waals surface area contributed by atoms with Gasteiger partial charge in [0, 0.05) is 7.05 Å². The predicted octanol–water partition coefficient (Wildman–Crippen LogP) is 5.30. The molecule has 0 aromatic carbocycles. The van der Waals surface area contributed by atoms with Gasteiger partial charge in [0.25, 0.3) is 0 Å². The molecule has 19 heavy (non-hydrogen) atoms. The van der Waals surface area contributed by atoms with E-state index in [0.29, 0.717) is 0 Å². The zero-order valence-electron chi connectivity index (χ0n) is 13.3. The molecule has 0 bridgehead atoms. The third kappa shape index (κ3) is 7.86. The number of allylic oxidation sites excluding steroid dienone is 2. The Morgan fingerprint density at radius 2 is 1.84 bits per heavy atom. The topological polar surface area (TPSA) is 21.6 Å². The lowest BCUT2D eigenvalue weighted by atomic mass is 10.0. The van der Waals surface area contributed by atoms with Crippen LogP contribution in [0.5, 0.6) is 0 Å². The average molecular weight is 265 g/mol. The summed E-state index contributed by atoms with van der Waals surface area (Å²) in [5.41, 5.74) is 2.19. The van der Waals surface area contributed by atoms with Crippen molar-refractivity contribution < 1.29 is 4.74 Å². The van der Waals surface area contributed by atoms with E-state index in [0.717, 1.165) is 43.8 Å². The van der Waals surface area contributed by atoms with Crippen molar-refractivity contribution in [2.24, 2.45) is 4.99 Å². The fourth-order valence-electron chi connectivity index (χ4n) is 1.97. The molecule has 0 amide bonds. The molecular weight excluding hydrogens is 234 g/mol. The van der Waals surface area contributed by atoms with Crippen LogP contribution in [0.1, 0.15) is 65.7 Å². The molecule has 0 unspecified atom stereocenters. The van der Waals surface area contributed by atoms with Gasteiger partial charge in [-0.1, -0.05) is 59.1 Å². The van der Waals surface area contributed by atoms with E-state index in [1.807, 2.05) is 7.05 Å². The summed E-state index contributed by atoms with van der Waals surface area (Å²) < 4.78 is 5.74. The zero-order valence-corrected chi connectivity index (χ0v) is 13.3. The summed E-state index contributed by atoms with van der Waals surface area (Å²) in [4.78, 5) is 4.35. The monoisotopic (exact) mass is 265 g/mol. The lowest BCUT2D eigenvalue weighted by Crippen LogP contribution is -2.10. The Morgan fingerprint density at radius 3 is 2.37 bits per heavy atom. The molecule has 0 saturated carbocycles. The van der Waals surface area contributed by atoms with Crippen molar-refractivity contribution in [1.29, 1.82) is 0 Å². The summed E-state index contributed by atoms with van der Waals surface area (Å²) in [6, 6.07) is 0. The number of ether oxygens (including phenoxy) is 1. The summed E-state index contributed by atoms with van der Waals surface area (Å²) >= 11 is 0. The number of rotatable bonds is 11. The molecule has 0 heterocycles. The highest BCUT2D eigenvalue weighted by molar-refractivity contribution is 6.10. The summed E-state index contributed by atoms with van der Waals surface area (Å²) in [6.45, 7) is 11.3. The Morgan fingerprint density at radius 1 is 1.11 bits per heavy atom. The van der Waals surface area contributed by atoms with E-state index in [-0.39, 0.29) is 0 Å². The number of hydrogen-bond donors (Lipinski definition) is 0. The molecule has 0 spiro atoms. The quantitative estimate of drug-likeness (QED) is 0.282. The van der Waals surface area contributed by atoms with Gasteiger partial charge in [-0.15, -0.1) is 0 Å². The van der Waals surface area contributed by atoms with Gasteiger partial charge in [-0.2, -0.15) is 0 Å². The van der Waals surface area contributed by atoms with Crippen LogP contribution in [-0.4, -0.2) is 19.4 Å². The van der Waals surface area contributed by atoms with Gasteiger partial charge in [0.15, 0.2) is 0 Å². The Bertz CT molecular complexity index is 302. The second kappa shape index (κ2) is 12.0. The third-order valence-corrected chi connectivity index (χ3v) is 3.13. The van der Waals surface area contributed by atoms with Gasteiger partial charge in [0.1, 0.15) is 11.5 Å². The first-order chi connectivity index (χ1) is 9.21. The third-order valence-electron chi connectivity index (χ3n) is 3.13. The molecule has 0 aliphatic heterocycles. The largest absolute Gasteiger partial charge is 0.492 e. The van der Waals surface area contributed by atoms with Crippen molar-refractivity contribution in [2.45, 2.75) is 65.7 Å². The SMILES string of the molecule is C=C(OCCCCCC)C(=NC)/C(=C/CCC)CC. The minimum atomic E-state index is 0.725. The zero-order chi connectivity index (χ0) is 14.5. The number of nitrogens with zero attached hydrogens (tertiary/aromatic N) is 1. The van der Waals surface area contributed by atoms with Crippen LogP contribution >= 0.6 is 0 Å². The molecule has 0 N–H and O–H groups in total. The van der Waals surface area contributed by atoms with E-state index in [9.17, 15) is 0 Å². The first-order valence-corrected chi connectivity index (χ1v) is 7.69. The first kappa shape index (κ1) is 17.9. The van der Waals surface area contributed by atoms with Crippen LogP contribution in [0.3, 0.4) is 0 Å². The summed E-state index contributed by atoms with van der Waals surface area (Å²) in [7, 11) is 1.82. The molecule has 110 valence electrons. The van der Waals surface area contributed by atoms with E-state index in [1.54, 1.807) is 0 Å². The fraction of sp³-hybridized carbons (Fsp3) is 0.706. The highest BCUT2D eigenvalue weighted by Gasteiger charge is 2.09. The van der Waals surface area contributed by atoms with Crippen LogP contribution in [0.2, 0.25) is 0 Å². The van der Waals surface area contributed by atoms with Crippen molar-refractivity contribution in [3.05, 3.63) is 24.0 Å². The van der Waals surface area contributed by atoms with Gasteiger partial charge in [-0.3, -0.25) is 4.99 Å². The van der Waals surface area contributed by atoms with Gasteiger partial charge in [-0.05, 0) is 24.8 Å². The van der Waals surface area contributed by atoms with Crippen LogP contribution in [-0.2, 0) is 4.74 Å². The van der Waals surface area contributed by atoms with Gasteiger partial charge in [0.05, 0.1) is 6.61 Å². The molecule has 0 aliphatic carbocycles. The molecule has 2 heteroatoms. The summed E-state index contributed by atoms with van der Waals surface area (Å²) in [6.07, 6.45) is 10.3. The van der Waals surface area contributed by atoms with E-state index in [4.69, 9.17) is 4.74 Å². The van der Waals surface area contributed by atoms with E-state index >= 15 is 0 Å². The van der Waals surface area contributed by atoms with E-state index in [1.165, 1.54) is 24.8 Å². The second-order valence-corrected chi connectivity index (χ2v) is 4.78. The average Bonchev–Trinajstić information content (AvgIpc) is 2.43. The van der Waals surface area contributed by atoms with Crippen molar-refractivity contribution in [1.82, 2.24) is 0 Å². The highest BCUT2D eigenvalue weighted by atomic mass is 16.5. The molecule has 0 radical (unpaired) electrons. The second-order valence-electron chi connectivity index (χ2n) is 4.78. The minimum absolute atomic E-state index is 0.725. The maximum atomic E-state index is 5.74. The molecule has 0 aromatic rings.